The maximum Gasteiger partial charge on any atom is 0.0363 e. The lowest BCUT2D eigenvalue weighted by Crippen LogP contribution is -2.41. The Morgan fingerprint density at radius 1 is 1.25 bits per heavy atom. The Hall–Kier alpha value is 0.0700. The van der Waals surface area contributed by atoms with Crippen LogP contribution in [0, 0.1) is 5.92 Å². The molecule has 16 heavy (non-hydrogen) atoms. The van der Waals surface area contributed by atoms with Gasteiger partial charge in [-0.3, -0.25) is 4.21 Å². The molecular weight excluding hydrogens is 220 g/mol. The fourth-order valence-electron chi connectivity index (χ4n) is 1.90. The van der Waals surface area contributed by atoms with Crippen molar-refractivity contribution < 1.29 is 4.21 Å². The topological polar surface area (TPSA) is 32.3 Å². The van der Waals surface area contributed by atoms with Crippen LogP contribution >= 0.6 is 0 Å². The van der Waals surface area contributed by atoms with Crippen molar-refractivity contribution in [3.63, 3.8) is 0 Å². The van der Waals surface area contributed by atoms with Gasteiger partial charge in [0.05, 0.1) is 0 Å². The third-order valence-electron chi connectivity index (χ3n) is 3.01. The summed E-state index contributed by atoms with van der Waals surface area (Å²) in [5.41, 5.74) is 0. The van der Waals surface area contributed by atoms with E-state index < -0.39 is 10.8 Å². The smallest absolute Gasteiger partial charge is 0.0363 e. The number of rotatable bonds is 7. The van der Waals surface area contributed by atoms with Crippen molar-refractivity contribution in [2.45, 2.75) is 26.7 Å². The Labute approximate surface area is 102 Å². The molecule has 1 N–H and O–H groups in total. The van der Waals surface area contributed by atoms with E-state index in [2.05, 4.69) is 24.1 Å². The Kier molecular flexibility index (Phi) is 7.25. The molecule has 3 nitrogen and oxygen atoms in total. The summed E-state index contributed by atoms with van der Waals surface area (Å²) in [5, 5.41) is 3.48. The molecule has 0 aromatic rings. The summed E-state index contributed by atoms with van der Waals surface area (Å²) in [6.07, 6.45) is 2.59. The second-order valence-corrected chi connectivity index (χ2v) is 6.67. The van der Waals surface area contributed by atoms with Crippen molar-refractivity contribution in [2.75, 3.05) is 44.2 Å². The van der Waals surface area contributed by atoms with E-state index in [1.807, 2.05) is 0 Å². The zero-order valence-electron chi connectivity index (χ0n) is 10.7. The minimum Gasteiger partial charge on any atom is -0.315 e. The fraction of sp³-hybridized carbons (Fsp3) is 1.00. The molecule has 0 radical (unpaired) electrons. The lowest BCUT2D eigenvalue weighted by Gasteiger charge is -2.26. The van der Waals surface area contributed by atoms with E-state index in [9.17, 15) is 4.21 Å². The average Bonchev–Trinajstić information content (AvgIpc) is 2.25. The second-order valence-electron chi connectivity index (χ2n) is 4.98. The number of nitrogens with zero attached hydrogens (tertiary/aromatic N) is 1. The minimum atomic E-state index is -0.539. The van der Waals surface area contributed by atoms with Crippen LogP contribution in [0.15, 0.2) is 0 Å². The molecule has 0 bridgehead atoms. The van der Waals surface area contributed by atoms with Crippen molar-refractivity contribution in [3.05, 3.63) is 0 Å². The molecule has 1 rings (SSSR count). The van der Waals surface area contributed by atoms with Gasteiger partial charge in [-0.05, 0) is 25.3 Å². The molecule has 96 valence electrons. The van der Waals surface area contributed by atoms with Crippen LogP contribution < -0.4 is 5.32 Å². The summed E-state index contributed by atoms with van der Waals surface area (Å²) < 4.78 is 11.2. The SMILES string of the molecule is CC(C)CCCNCCN1CCS(=O)CC1. The van der Waals surface area contributed by atoms with Gasteiger partial charge in [0.15, 0.2) is 0 Å². The second kappa shape index (κ2) is 8.20. The van der Waals surface area contributed by atoms with E-state index in [0.29, 0.717) is 0 Å². The summed E-state index contributed by atoms with van der Waals surface area (Å²) in [6.45, 7) is 9.89. The van der Waals surface area contributed by atoms with Gasteiger partial charge in [-0.15, -0.1) is 0 Å². The summed E-state index contributed by atoms with van der Waals surface area (Å²) in [7, 11) is -0.539. The number of nitrogens with one attached hydrogen (secondary N) is 1. The van der Waals surface area contributed by atoms with Crippen molar-refractivity contribution in [3.8, 4) is 0 Å². The molecule has 0 spiro atoms. The molecule has 0 saturated carbocycles. The summed E-state index contributed by atoms with van der Waals surface area (Å²) in [6, 6.07) is 0. The average molecular weight is 246 g/mol. The van der Waals surface area contributed by atoms with Gasteiger partial charge in [0.25, 0.3) is 0 Å². The van der Waals surface area contributed by atoms with Crippen LogP contribution in [0.4, 0.5) is 0 Å². The minimum absolute atomic E-state index is 0.539. The normalized spacial score (nSPS) is 19.4. The van der Waals surface area contributed by atoms with Crippen LogP contribution in [0.25, 0.3) is 0 Å². The first-order chi connectivity index (χ1) is 7.68. The van der Waals surface area contributed by atoms with Crippen molar-refractivity contribution in [2.24, 2.45) is 5.92 Å². The van der Waals surface area contributed by atoms with Crippen LogP contribution in [-0.4, -0.2) is 53.3 Å². The van der Waals surface area contributed by atoms with E-state index in [1.54, 1.807) is 0 Å². The molecule has 0 aliphatic carbocycles. The summed E-state index contributed by atoms with van der Waals surface area (Å²) in [4.78, 5) is 2.41. The third-order valence-corrected chi connectivity index (χ3v) is 4.29. The maximum absolute atomic E-state index is 11.2. The third kappa shape index (κ3) is 6.61. The van der Waals surface area contributed by atoms with Crippen LogP contribution in [0.5, 0.6) is 0 Å². The first-order valence-electron chi connectivity index (χ1n) is 6.46. The molecule has 0 atom stereocenters. The first-order valence-corrected chi connectivity index (χ1v) is 7.95. The lowest BCUT2D eigenvalue weighted by molar-refractivity contribution is 0.297. The Balaban J connectivity index is 1.89. The molecule has 1 aliphatic rings. The Morgan fingerprint density at radius 3 is 2.56 bits per heavy atom. The van der Waals surface area contributed by atoms with Crippen LogP contribution in [0.2, 0.25) is 0 Å². The Morgan fingerprint density at radius 2 is 1.94 bits per heavy atom. The van der Waals surface area contributed by atoms with Gasteiger partial charge in [0.2, 0.25) is 0 Å². The van der Waals surface area contributed by atoms with E-state index in [0.717, 1.165) is 50.1 Å². The molecule has 4 heteroatoms. The number of hydrogen-bond donors (Lipinski definition) is 1. The van der Waals surface area contributed by atoms with E-state index >= 15 is 0 Å². The van der Waals surface area contributed by atoms with E-state index in [4.69, 9.17) is 0 Å². The lowest BCUT2D eigenvalue weighted by atomic mass is 10.1. The van der Waals surface area contributed by atoms with Crippen LogP contribution in [-0.2, 0) is 10.8 Å². The standard InChI is InChI=1S/C12H26N2OS/c1-12(2)4-3-5-13-6-7-14-8-10-16(15)11-9-14/h12-13H,3-11H2,1-2H3. The quantitative estimate of drug-likeness (QED) is 0.682. The van der Waals surface area contributed by atoms with Gasteiger partial charge in [-0.2, -0.15) is 0 Å². The van der Waals surface area contributed by atoms with Gasteiger partial charge < -0.3 is 10.2 Å². The summed E-state index contributed by atoms with van der Waals surface area (Å²) in [5.74, 6) is 2.56. The zero-order valence-corrected chi connectivity index (χ0v) is 11.5. The van der Waals surface area contributed by atoms with Crippen LogP contribution in [0.3, 0.4) is 0 Å². The molecule has 1 fully saturated rings. The van der Waals surface area contributed by atoms with Crippen molar-refractivity contribution >= 4 is 10.8 Å². The predicted molar refractivity (Wildman–Crippen MR) is 71.3 cm³/mol. The molecule has 1 saturated heterocycles. The number of hydrogen-bond acceptors (Lipinski definition) is 3. The fourth-order valence-corrected chi connectivity index (χ4v) is 3.02. The monoisotopic (exact) mass is 246 g/mol. The van der Waals surface area contributed by atoms with Gasteiger partial charge in [0, 0.05) is 48.5 Å². The van der Waals surface area contributed by atoms with E-state index in [1.165, 1.54) is 12.8 Å². The van der Waals surface area contributed by atoms with Gasteiger partial charge in [-0.25, -0.2) is 0 Å². The van der Waals surface area contributed by atoms with E-state index in [-0.39, 0.29) is 0 Å². The van der Waals surface area contributed by atoms with Crippen molar-refractivity contribution in [1.82, 2.24) is 10.2 Å². The molecular formula is C12H26N2OS. The van der Waals surface area contributed by atoms with Crippen molar-refractivity contribution in [1.29, 1.82) is 0 Å². The predicted octanol–water partition coefficient (Wildman–Crippen LogP) is 1.08. The molecule has 0 amide bonds. The largest absolute Gasteiger partial charge is 0.315 e. The molecule has 1 heterocycles. The maximum atomic E-state index is 11.2. The highest BCUT2D eigenvalue weighted by molar-refractivity contribution is 7.85. The molecule has 0 aromatic carbocycles. The summed E-state index contributed by atoms with van der Waals surface area (Å²) >= 11 is 0. The molecule has 0 unspecified atom stereocenters. The highest BCUT2D eigenvalue weighted by atomic mass is 32.2. The van der Waals surface area contributed by atoms with Crippen LogP contribution in [0.1, 0.15) is 26.7 Å². The van der Waals surface area contributed by atoms with Gasteiger partial charge >= 0.3 is 0 Å². The Bertz CT molecular complexity index is 199. The molecule has 1 aliphatic heterocycles. The highest BCUT2D eigenvalue weighted by Crippen LogP contribution is 2.02. The molecule has 0 aromatic heterocycles. The first kappa shape index (κ1) is 14.1. The van der Waals surface area contributed by atoms with Gasteiger partial charge in [0.1, 0.15) is 0 Å². The zero-order chi connectivity index (χ0) is 11.8. The highest BCUT2D eigenvalue weighted by Gasteiger charge is 2.13. The van der Waals surface area contributed by atoms with Gasteiger partial charge in [-0.1, -0.05) is 13.8 Å².